The smallest absolute Gasteiger partial charge is 0.326 e. The minimum atomic E-state index is -4.64. The Morgan fingerprint density at radius 2 is 1.93 bits per heavy atom. The third kappa shape index (κ3) is 7.04. The van der Waals surface area contributed by atoms with E-state index in [4.69, 9.17) is 0 Å². The molecule has 1 heterocycles. The molecule has 0 saturated carbocycles. The largest absolute Gasteiger partial charge is 0.416 e. The van der Waals surface area contributed by atoms with Gasteiger partial charge in [-0.1, -0.05) is 6.58 Å². The van der Waals surface area contributed by atoms with Gasteiger partial charge in [-0.15, -0.1) is 0 Å². The van der Waals surface area contributed by atoms with Crippen LogP contribution < -0.4 is 10.0 Å². The molecular formula is C17H16F6N4OS. The standard InChI is InChI=1S/C17H16F6N4OS/c1-10(5-6-16(18,19)20)25-15(28)13-4-3-11(17(21,22)23)7-14(13)26-29-12-8-24-27(2)9-12/h3-4,7-9,26H,1,5-6H2,2H3,(H,25,28). The summed E-state index contributed by atoms with van der Waals surface area (Å²) in [5, 5.41) is 6.11. The highest BCUT2D eigenvalue weighted by Gasteiger charge is 2.32. The molecule has 0 atom stereocenters. The average Bonchev–Trinajstić information content (AvgIpc) is 3.02. The molecule has 0 aliphatic carbocycles. The van der Waals surface area contributed by atoms with Crippen molar-refractivity contribution in [2.75, 3.05) is 4.72 Å². The zero-order chi connectivity index (χ0) is 21.8. The van der Waals surface area contributed by atoms with Crippen molar-refractivity contribution in [3.63, 3.8) is 0 Å². The zero-order valence-corrected chi connectivity index (χ0v) is 15.8. The number of nitrogens with one attached hydrogen (secondary N) is 2. The van der Waals surface area contributed by atoms with Gasteiger partial charge in [0, 0.05) is 25.4 Å². The van der Waals surface area contributed by atoms with Gasteiger partial charge >= 0.3 is 12.4 Å². The fraction of sp³-hybridized carbons (Fsp3) is 0.294. The Labute approximate surface area is 166 Å². The number of allylic oxidation sites excluding steroid dienone is 1. The van der Waals surface area contributed by atoms with Crippen LogP contribution in [0.2, 0.25) is 0 Å². The first kappa shape index (κ1) is 22.7. The SMILES string of the molecule is C=C(CCC(F)(F)F)NC(=O)c1ccc(C(F)(F)F)cc1NSc1cnn(C)c1. The third-order valence-corrected chi connectivity index (χ3v) is 4.32. The average molecular weight is 438 g/mol. The number of carbonyl (C=O) groups excluding carboxylic acids is 1. The van der Waals surface area contributed by atoms with Gasteiger partial charge in [-0.05, 0) is 36.6 Å². The number of hydrogen-bond donors (Lipinski definition) is 2. The molecular weight excluding hydrogens is 422 g/mol. The molecule has 0 aliphatic rings. The van der Waals surface area contributed by atoms with E-state index < -0.39 is 36.7 Å². The number of alkyl halides is 6. The van der Waals surface area contributed by atoms with Gasteiger partial charge in [0.15, 0.2) is 0 Å². The molecule has 12 heteroatoms. The normalized spacial score (nSPS) is 12.0. The summed E-state index contributed by atoms with van der Waals surface area (Å²) in [4.78, 5) is 13.0. The van der Waals surface area contributed by atoms with Gasteiger partial charge < -0.3 is 10.0 Å². The third-order valence-electron chi connectivity index (χ3n) is 3.55. The minimum absolute atomic E-state index is 0.158. The Morgan fingerprint density at radius 3 is 2.48 bits per heavy atom. The van der Waals surface area contributed by atoms with E-state index in [0.29, 0.717) is 11.0 Å². The van der Waals surface area contributed by atoms with E-state index in [-0.39, 0.29) is 16.9 Å². The second-order valence-corrected chi connectivity index (χ2v) is 6.86. The molecule has 0 bridgehead atoms. The molecule has 0 saturated heterocycles. The maximum atomic E-state index is 13.0. The summed E-state index contributed by atoms with van der Waals surface area (Å²) in [6.07, 6.45) is -7.71. The number of aryl methyl sites for hydroxylation is 1. The van der Waals surface area contributed by atoms with E-state index in [1.165, 1.54) is 10.9 Å². The number of benzene rings is 1. The quantitative estimate of drug-likeness (QED) is 0.464. The first-order valence-electron chi connectivity index (χ1n) is 8.04. The van der Waals surface area contributed by atoms with Crippen molar-refractivity contribution in [2.45, 2.75) is 30.1 Å². The summed E-state index contributed by atoms with van der Waals surface area (Å²) in [7, 11) is 1.65. The van der Waals surface area contributed by atoms with Crippen LogP contribution in [0.1, 0.15) is 28.8 Å². The second-order valence-electron chi connectivity index (χ2n) is 5.98. The van der Waals surface area contributed by atoms with Crippen LogP contribution in [-0.4, -0.2) is 21.9 Å². The molecule has 0 spiro atoms. The van der Waals surface area contributed by atoms with Gasteiger partial charge in [0.25, 0.3) is 5.91 Å². The first-order valence-corrected chi connectivity index (χ1v) is 8.85. The molecule has 0 unspecified atom stereocenters. The Morgan fingerprint density at radius 1 is 1.24 bits per heavy atom. The molecule has 5 nitrogen and oxygen atoms in total. The zero-order valence-electron chi connectivity index (χ0n) is 15.0. The maximum absolute atomic E-state index is 13.0. The molecule has 2 rings (SSSR count). The molecule has 158 valence electrons. The number of amides is 1. The molecule has 0 fully saturated rings. The number of nitrogens with zero attached hydrogens (tertiary/aromatic N) is 2. The molecule has 0 radical (unpaired) electrons. The van der Waals surface area contributed by atoms with Crippen molar-refractivity contribution in [3.8, 4) is 0 Å². The van der Waals surface area contributed by atoms with E-state index in [0.717, 1.165) is 24.1 Å². The van der Waals surface area contributed by atoms with Gasteiger partial charge in [-0.2, -0.15) is 31.4 Å². The molecule has 1 aromatic heterocycles. The van der Waals surface area contributed by atoms with E-state index in [1.54, 1.807) is 13.2 Å². The van der Waals surface area contributed by atoms with Gasteiger partial charge in [-0.3, -0.25) is 9.48 Å². The first-order chi connectivity index (χ1) is 13.3. The van der Waals surface area contributed by atoms with Crippen LogP contribution in [-0.2, 0) is 13.2 Å². The highest BCUT2D eigenvalue weighted by atomic mass is 32.2. The van der Waals surface area contributed by atoms with Crippen molar-refractivity contribution < 1.29 is 31.1 Å². The summed E-state index contributed by atoms with van der Waals surface area (Å²) in [6.45, 7) is 3.36. The van der Waals surface area contributed by atoms with Crippen LogP contribution in [0.5, 0.6) is 0 Å². The lowest BCUT2D eigenvalue weighted by Crippen LogP contribution is -2.24. The number of hydrogen-bond acceptors (Lipinski definition) is 4. The number of carbonyl (C=O) groups is 1. The molecule has 0 aliphatic heterocycles. The Kier molecular flexibility index (Phi) is 6.88. The molecule has 1 aromatic carbocycles. The van der Waals surface area contributed by atoms with Gasteiger partial charge in [0.05, 0.1) is 27.9 Å². The van der Waals surface area contributed by atoms with Crippen molar-refractivity contribution >= 4 is 23.5 Å². The lowest BCUT2D eigenvalue weighted by Gasteiger charge is -2.15. The van der Waals surface area contributed by atoms with E-state index >= 15 is 0 Å². The fourth-order valence-corrected chi connectivity index (χ4v) is 2.85. The van der Waals surface area contributed by atoms with Gasteiger partial charge in [0.2, 0.25) is 0 Å². The molecule has 29 heavy (non-hydrogen) atoms. The number of aromatic nitrogens is 2. The summed E-state index contributed by atoms with van der Waals surface area (Å²) < 4.78 is 80.0. The van der Waals surface area contributed by atoms with E-state index in [9.17, 15) is 31.1 Å². The minimum Gasteiger partial charge on any atom is -0.326 e. The van der Waals surface area contributed by atoms with Crippen molar-refractivity contribution in [3.05, 3.63) is 54.0 Å². The monoisotopic (exact) mass is 438 g/mol. The summed E-state index contributed by atoms with van der Waals surface area (Å²) in [5.41, 5.74) is -1.52. The van der Waals surface area contributed by atoms with Crippen LogP contribution in [0.3, 0.4) is 0 Å². The van der Waals surface area contributed by atoms with Crippen LogP contribution in [0.15, 0.2) is 47.8 Å². The lowest BCUT2D eigenvalue weighted by atomic mass is 10.1. The number of halogens is 6. The Hall–Kier alpha value is -2.63. The highest BCUT2D eigenvalue weighted by Crippen LogP contribution is 2.34. The van der Waals surface area contributed by atoms with Crippen LogP contribution in [0, 0.1) is 0 Å². The molecule has 2 aromatic rings. The predicted molar refractivity (Wildman–Crippen MR) is 96.0 cm³/mol. The van der Waals surface area contributed by atoms with Crippen molar-refractivity contribution in [2.24, 2.45) is 7.05 Å². The summed E-state index contributed by atoms with van der Waals surface area (Å²) >= 11 is 0.926. The Bertz CT molecular complexity index is 891. The van der Waals surface area contributed by atoms with Crippen LogP contribution >= 0.6 is 11.9 Å². The molecule has 1 amide bonds. The van der Waals surface area contributed by atoms with Crippen LogP contribution in [0.4, 0.5) is 32.0 Å². The summed E-state index contributed by atoms with van der Waals surface area (Å²) in [6, 6.07) is 2.41. The molecule has 2 N–H and O–H groups in total. The number of rotatable bonds is 7. The van der Waals surface area contributed by atoms with Gasteiger partial charge in [0.1, 0.15) is 0 Å². The van der Waals surface area contributed by atoms with Crippen molar-refractivity contribution in [1.82, 2.24) is 15.1 Å². The van der Waals surface area contributed by atoms with Crippen LogP contribution in [0.25, 0.3) is 0 Å². The topological polar surface area (TPSA) is 59.0 Å². The maximum Gasteiger partial charge on any atom is 0.416 e. The predicted octanol–water partition coefficient (Wildman–Crippen LogP) is 5.14. The fourth-order valence-electron chi connectivity index (χ4n) is 2.15. The van der Waals surface area contributed by atoms with Gasteiger partial charge in [-0.25, -0.2) is 0 Å². The van der Waals surface area contributed by atoms with E-state index in [2.05, 4.69) is 21.7 Å². The summed E-state index contributed by atoms with van der Waals surface area (Å²) in [5.74, 6) is -0.875. The second kappa shape index (κ2) is 8.80. The lowest BCUT2D eigenvalue weighted by molar-refractivity contribution is -0.137. The van der Waals surface area contributed by atoms with Crippen molar-refractivity contribution in [1.29, 1.82) is 0 Å². The number of anilines is 1. The Balaban J connectivity index is 2.19. The van der Waals surface area contributed by atoms with E-state index in [1.807, 2.05) is 0 Å². The highest BCUT2D eigenvalue weighted by molar-refractivity contribution is 8.00.